The Hall–Kier alpha value is -2.01. The molecule has 7 nitrogen and oxygen atoms in total. The molecule has 1 aromatic carbocycles. The fourth-order valence-corrected chi connectivity index (χ4v) is 5.40. The molecule has 1 N–H and O–H groups in total. The summed E-state index contributed by atoms with van der Waals surface area (Å²) in [4.78, 5) is 26.5. The predicted octanol–water partition coefficient (Wildman–Crippen LogP) is 3.37. The monoisotopic (exact) mass is 498 g/mol. The number of carbonyl (C=O) groups is 2. The zero-order chi connectivity index (χ0) is 24.3. The number of hydrogen-bond donors (Lipinski definition) is 1. The van der Waals surface area contributed by atoms with Gasteiger partial charge in [-0.05, 0) is 37.5 Å². The number of likely N-dealkylation sites (N-methyl/N-ethyl adjacent to an activating group) is 1. The Morgan fingerprint density at radius 3 is 2.44 bits per heavy atom. The van der Waals surface area contributed by atoms with E-state index in [4.69, 9.17) is 16.3 Å². The lowest BCUT2D eigenvalue weighted by Crippen LogP contribution is -2.44. The molecule has 1 amide bonds. The predicted molar refractivity (Wildman–Crippen MR) is 114 cm³/mol. The molecular weight excluding hydrogens is 473 g/mol. The van der Waals surface area contributed by atoms with Gasteiger partial charge in [0, 0.05) is 12.6 Å². The molecule has 1 aliphatic heterocycles. The number of hydrogen-bond acceptors (Lipinski definition) is 6. The number of sulfone groups is 1. The van der Waals surface area contributed by atoms with E-state index in [1.54, 1.807) is 20.8 Å². The lowest BCUT2D eigenvalue weighted by molar-refractivity contribution is -0.154. The van der Waals surface area contributed by atoms with E-state index in [9.17, 15) is 31.2 Å². The van der Waals surface area contributed by atoms with Crippen LogP contribution in [0.25, 0.3) is 0 Å². The number of halogens is 4. The van der Waals surface area contributed by atoms with Gasteiger partial charge < -0.3 is 15.0 Å². The van der Waals surface area contributed by atoms with Crippen molar-refractivity contribution in [2.24, 2.45) is 5.92 Å². The highest BCUT2D eigenvalue weighted by Gasteiger charge is 2.35. The van der Waals surface area contributed by atoms with Gasteiger partial charge in [0.05, 0.1) is 27.8 Å². The summed E-state index contributed by atoms with van der Waals surface area (Å²) in [6.45, 7) is 4.79. The minimum atomic E-state index is -4.55. The largest absolute Gasteiger partial charge is 0.454 e. The molecule has 2 atom stereocenters. The molecule has 0 bridgehead atoms. The van der Waals surface area contributed by atoms with Gasteiger partial charge in [0.15, 0.2) is 16.4 Å². The van der Waals surface area contributed by atoms with E-state index >= 15 is 0 Å². The second-order valence-electron chi connectivity index (χ2n) is 7.90. The van der Waals surface area contributed by atoms with E-state index in [2.05, 4.69) is 5.32 Å². The van der Waals surface area contributed by atoms with E-state index in [-0.39, 0.29) is 34.7 Å². The van der Waals surface area contributed by atoms with Gasteiger partial charge in [0.1, 0.15) is 6.04 Å². The maximum atomic E-state index is 12.8. The molecule has 1 unspecified atom stereocenters. The van der Waals surface area contributed by atoms with E-state index in [1.165, 1.54) is 4.90 Å². The number of carbonyl (C=O) groups excluding carboxylic acids is 2. The molecule has 180 valence electrons. The van der Waals surface area contributed by atoms with Gasteiger partial charge >= 0.3 is 12.1 Å². The normalized spacial score (nSPS) is 18.9. The topological polar surface area (TPSA) is 92.8 Å². The Bertz CT molecular complexity index is 953. The van der Waals surface area contributed by atoms with Crippen LogP contribution in [-0.2, 0) is 30.3 Å². The Labute approximate surface area is 190 Å². The van der Waals surface area contributed by atoms with Gasteiger partial charge in [-0.15, -0.1) is 0 Å². The highest BCUT2D eigenvalue weighted by Crippen LogP contribution is 2.34. The first-order chi connectivity index (χ1) is 14.7. The van der Waals surface area contributed by atoms with Crippen molar-refractivity contribution in [3.05, 3.63) is 28.8 Å². The molecule has 1 heterocycles. The number of benzene rings is 1. The number of rotatable bonds is 8. The van der Waals surface area contributed by atoms with Crippen molar-refractivity contribution in [1.82, 2.24) is 4.90 Å². The fraction of sp³-hybridized carbons (Fsp3) is 0.600. The molecule has 0 spiro atoms. The molecule has 1 aliphatic rings. The van der Waals surface area contributed by atoms with Crippen LogP contribution < -0.4 is 5.32 Å². The van der Waals surface area contributed by atoms with Crippen LogP contribution >= 0.6 is 11.6 Å². The van der Waals surface area contributed by atoms with Crippen molar-refractivity contribution in [2.45, 2.75) is 45.5 Å². The van der Waals surface area contributed by atoms with Gasteiger partial charge in [0.2, 0.25) is 0 Å². The quantitative estimate of drug-likeness (QED) is 0.552. The molecule has 1 saturated heterocycles. The van der Waals surface area contributed by atoms with Gasteiger partial charge in [-0.3, -0.25) is 4.79 Å². The molecular formula is C20H26ClF3N2O5S. The third kappa shape index (κ3) is 6.74. The minimum absolute atomic E-state index is 0.00840. The van der Waals surface area contributed by atoms with Crippen molar-refractivity contribution < 1.29 is 35.9 Å². The van der Waals surface area contributed by atoms with Crippen molar-refractivity contribution >= 4 is 39.0 Å². The molecule has 0 aliphatic carbocycles. The summed E-state index contributed by atoms with van der Waals surface area (Å²) in [5.41, 5.74) is -0.802. The van der Waals surface area contributed by atoms with Crippen molar-refractivity contribution in [2.75, 3.05) is 30.0 Å². The van der Waals surface area contributed by atoms with Crippen LogP contribution in [0.3, 0.4) is 0 Å². The summed E-state index contributed by atoms with van der Waals surface area (Å²) in [5, 5.41) is 2.57. The molecule has 1 fully saturated rings. The minimum Gasteiger partial charge on any atom is -0.454 e. The molecule has 0 saturated carbocycles. The average molecular weight is 499 g/mol. The highest BCUT2D eigenvalue weighted by molar-refractivity contribution is 7.91. The number of ether oxygens (including phenoxy) is 1. The number of nitrogens with one attached hydrogen (secondary N) is 1. The summed E-state index contributed by atoms with van der Waals surface area (Å²) >= 11 is 5.95. The summed E-state index contributed by atoms with van der Waals surface area (Å²) in [5.74, 6) is -1.74. The first-order valence-corrected chi connectivity index (χ1v) is 12.2. The van der Waals surface area contributed by atoms with Crippen molar-refractivity contribution in [3.8, 4) is 0 Å². The van der Waals surface area contributed by atoms with Gasteiger partial charge in [0.25, 0.3) is 5.91 Å². The Morgan fingerprint density at radius 1 is 1.31 bits per heavy atom. The summed E-state index contributed by atoms with van der Waals surface area (Å²) < 4.78 is 67.0. The molecule has 0 radical (unpaired) electrons. The van der Waals surface area contributed by atoms with E-state index in [0.717, 1.165) is 18.2 Å². The van der Waals surface area contributed by atoms with Crippen LogP contribution in [0.5, 0.6) is 0 Å². The maximum absolute atomic E-state index is 12.8. The third-order valence-electron chi connectivity index (χ3n) is 5.18. The average Bonchev–Trinajstić information content (AvgIpc) is 3.04. The van der Waals surface area contributed by atoms with Crippen molar-refractivity contribution in [3.63, 3.8) is 0 Å². The Morgan fingerprint density at radius 2 is 1.97 bits per heavy atom. The number of esters is 1. The molecule has 2 rings (SSSR count). The lowest BCUT2D eigenvalue weighted by atomic mass is 10.0. The molecule has 0 aromatic heterocycles. The lowest BCUT2D eigenvalue weighted by Gasteiger charge is -2.27. The Balaban J connectivity index is 2.03. The zero-order valence-corrected chi connectivity index (χ0v) is 19.5. The first kappa shape index (κ1) is 26.2. The van der Waals surface area contributed by atoms with Crippen molar-refractivity contribution in [1.29, 1.82) is 0 Å². The summed E-state index contributed by atoms with van der Waals surface area (Å²) in [6, 6.07) is 1.29. The van der Waals surface area contributed by atoms with E-state index in [1.807, 2.05) is 0 Å². The number of anilines is 1. The highest BCUT2D eigenvalue weighted by atomic mass is 35.5. The van der Waals surface area contributed by atoms with Crippen LogP contribution in [0.15, 0.2) is 18.2 Å². The van der Waals surface area contributed by atoms with Crippen LogP contribution in [0.4, 0.5) is 18.9 Å². The smallest absolute Gasteiger partial charge is 0.416 e. The van der Waals surface area contributed by atoms with Crippen LogP contribution in [0, 0.1) is 5.92 Å². The van der Waals surface area contributed by atoms with Gasteiger partial charge in [-0.2, -0.15) is 13.2 Å². The number of amides is 1. The molecule has 1 aromatic rings. The molecule has 32 heavy (non-hydrogen) atoms. The second kappa shape index (κ2) is 10.3. The summed E-state index contributed by atoms with van der Waals surface area (Å²) in [6.07, 6.45) is -4.22. The van der Waals surface area contributed by atoms with Gasteiger partial charge in [-0.25, -0.2) is 13.2 Å². The van der Waals surface area contributed by atoms with Crippen LogP contribution in [-0.4, -0.2) is 61.9 Å². The first-order valence-electron chi connectivity index (χ1n) is 10.0. The standard InChI is InChI=1S/C20H26ClF3N2O5S/c1-4-26(14-7-8-32(29,30)11-14)17(27)10-31-19(28)18(12(2)3)25-16-6-5-13(9-15(16)21)20(22,23)24/h5-6,9,12,14,18,25H,4,7-8,10-11H2,1-3H3/t14?,18-/m0/s1. The van der Waals surface area contributed by atoms with Crippen LogP contribution in [0.1, 0.15) is 32.8 Å². The summed E-state index contributed by atoms with van der Waals surface area (Å²) in [7, 11) is -3.19. The maximum Gasteiger partial charge on any atom is 0.416 e. The Kier molecular flexibility index (Phi) is 8.44. The fourth-order valence-electron chi connectivity index (χ4n) is 3.44. The van der Waals surface area contributed by atoms with Gasteiger partial charge in [-0.1, -0.05) is 25.4 Å². The number of alkyl halides is 3. The third-order valence-corrected chi connectivity index (χ3v) is 7.24. The number of nitrogens with zero attached hydrogens (tertiary/aromatic N) is 1. The van der Waals surface area contributed by atoms with E-state index < -0.39 is 52.1 Å². The SMILES string of the molecule is CCN(C(=O)COC(=O)[C@@H](Nc1ccc(C(F)(F)F)cc1Cl)C(C)C)C1CCS(=O)(=O)C1. The zero-order valence-electron chi connectivity index (χ0n) is 17.9. The van der Waals surface area contributed by atoms with E-state index in [0.29, 0.717) is 6.42 Å². The second-order valence-corrected chi connectivity index (χ2v) is 10.5. The van der Waals surface area contributed by atoms with Crippen LogP contribution in [0.2, 0.25) is 5.02 Å². The molecule has 12 heteroatoms.